The van der Waals surface area contributed by atoms with Gasteiger partial charge in [0.25, 0.3) is 0 Å². The highest BCUT2D eigenvalue weighted by Gasteiger charge is 1.91. The third-order valence-corrected chi connectivity index (χ3v) is 1.78. The van der Waals surface area contributed by atoms with Crippen molar-refractivity contribution in [3.63, 3.8) is 0 Å². The van der Waals surface area contributed by atoms with E-state index < -0.39 is 0 Å². The van der Waals surface area contributed by atoms with Gasteiger partial charge in [-0.05, 0) is 39.5 Å². The monoisotopic (exact) mass is 196 g/mol. The largest absolute Gasteiger partial charge is 0.584 e. The minimum atomic E-state index is 0.719. The SMILES string of the molecule is C/C=C(/CCC(C)C)[N-]NN=C(C)C. The van der Waals surface area contributed by atoms with Gasteiger partial charge in [-0.3, -0.25) is 0 Å². The molecule has 3 heteroatoms. The lowest BCUT2D eigenvalue weighted by Gasteiger charge is -2.25. The maximum absolute atomic E-state index is 4.18. The Morgan fingerprint density at radius 3 is 2.50 bits per heavy atom. The molecule has 0 bridgehead atoms. The molecule has 0 aromatic rings. The van der Waals surface area contributed by atoms with Crippen molar-refractivity contribution >= 4 is 5.71 Å². The van der Waals surface area contributed by atoms with Crippen molar-refractivity contribution in [1.29, 1.82) is 0 Å². The van der Waals surface area contributed by atoms with E-state index in [0.717, 1.165) is 23.7 Å². The van der Waals surface area contributed by atoms with Crippen molar-refractivity contribution in [2.75, 3.05) is 0 Å². The summed E-state index contributed by atoms with van der Waals surface area (Å²) in [4.78, 5) is 0. The summed E-state index contributed by atoms with van der Waals surface area (Å²) in [6, 6.07) is 0. The molecule has 3 nitrogen and oxygen atoms in total. The van der Waals surface area contributed by atoms with Gasteiger partial charge in [0, 0.05) is 5.71 Å². The zero-order valence-corrected chi connectivity index (χ0v) is 9.96. The van der Waals surface area contributed by atoms with Crippen LogP contribution in [0.1, 0.15) is 47.5 Å². The minimum absolute atomic E-state index is 0.719. The molecule has 0 aromatic heterocycles. The molecule has 1 N–H and O–H groups in total. The van der Waals surface area contributed by atoms with Crippen LogP contribution >= 0.6 is 0 Å². The second-order valence-electron chi connectivity index (χ2n) is 3.98. The summed E-state index contributed by atoms with van der Waals surface area (Å²) in [6.45, 7) is 10.3. The molecule has 0 unspecified atom stereocenters. The van der Waals surface area contributed by atoms with Gasteiger partial charge in [0.15, 0.2) is 0 Å². The predicted octanol–water partition coefficient (Wildman–Crippen LogP) is 3.60. The molecule has 14 heavy (non-hydrogen) atoms. The smallest absolute Gasteiger partial charge is 0.0303 e. The highest BCUT2D eigenvalue weighted by molar-refractivity contribution is 5.78. The molecule has 0 aliphatic heterocycles. The van der Waals surface area contributed by atoms with Gasteiger partial charge in [0.1, 0.15) is 0 Å². The van der Waals surface area contributed by atoms with Crippen LogP contribution in [0.3, 0.4) is 0 Å². The van der Waals surface area contributed by atoms with Crippen LogP contribution in [0.15, 0.2) is 16.9 Å². The van der Waals surface area contributed by atoms with Gasteiger partial charge < -0.3 is 11.0 Å². The summed E-state index contributed by atoms with van der Waals surface area (Å²) in [7, 11) is 0. The minimum Gasteiger partial charge on any atom is -0.584 e. The fraction of sp³-hybridized carbons (Fsp3) is 0.727. The van der Waals surface area contributed by atoms with E-state index in [1.54, 1.807) is 0 Å². The first-order chi connectivity index (χ1) is 6.56. The summed E-state index contributed by atoms with van der Waals surface area (Å²) in [6.07, 6.45) is 4.20. The summed E-state index contributed by atoms with van der Waals surface area (Å²) in [5.74, 6) is 0.719. The highest BCUT2D eigenvalue weighted by atomic mass is 15.6. The quantitative estimate of drug-likeness (QED) is 0.511. The van der Waals surface area contributed by atoms with Gasteiger partial charge in [-0.1, -0.05) is 13.8 Å². The highest BCUT2D eigenvalue weighted by Crippen LogP contribution is 2.14. The summed E-state index contributed by atoms with van der Waals surface area (Å²) in [5.41, 5.74) is 8.93. The van der Waals surface area contributed by atoms with Gasteiger partial charge in [0.2, 0.25) is 0 Å². The van der Waals surface area contributed by atoms with Crippen LogP contribution in [0.2, 0.25) is 0 Å². The van der Waals surface area contributed by atoms with Crippen LogP contribution in [0.4, 0.5) is 0 Å². The normalized spacial score (nSPS) is 11.4. The van der Waals surface area contributed by atoms with E-state index in [1.807, 2.05) is 26.8 Å². The van der Waals surface area contributed by atoms with E-state index in [0.29, 0.717) is 0 Å². The molecule has 0 spiro atoms. The molecule has 0 saturated carbocycles. The molecular weight excluding hydrogens is 174 g/mol. The van der Waals surface area contributed by atoms with E-state index in [-0.39, 0.29) is 0 Å². The zero-order valence-electron chi connectivity index (χ0n) is 9.96. The van der Waals surface area contributed by atoms with E-state index in [9.17, 15) is 0 Å². The standard InChI is InChI=1S/C11H22N3/c1-6-11(8-7-9(2)3)13-14-12-10(4)5/h6,9,14H,7-8H2,1-5H3/q-1/b11-6-. The van der Waals surface area contributed by atoms with Crippen molar-refractivity contribution in [2.45, 2.75) is 47.5 Å². The Kier molecular flexibility index (Phi) is 6.89. The number of nitrogens with zero attached hydrogens (tertiary/aromatic N) is 2. The molecular formula is C11H22N3-. The average Bonchev–Trinajstić information content (AvgIpc) is 2.10. The predicted molar refractivity (Wildman–Crippen MR) is 63.1 cm³/mol. The molecule has 0 heterocycles. The summed E-state index contributed by atoms with van der Waals surface area (Å²) >= 11 is 0. The molecule has 0 atom stereocenters. The lowest BCUT2D eigenvalue weighted by Crippen LogP contribution is -2.02. The molecule has 0 aliphatic rings. The van der Waals surface area contributed by atoms with Crippen molar-refractivity contribution in [3.05, 3.63) is 17.2 Å². The summed E-state index contributed by atoms with van der Waals surface area (Å²) in [5, 5.41) is 4.00. The van der Waals surface area contributed by atoms with E-state index in [2.05, 4.69) is 29.9 Å². The first kappa shape index (κ1) is 13.0. The Labute approximate surface area is 87.6 Å². The van der Waals surface area contributed by atoms with E-state index >= 15 is 0 Å². The third-order valence-electron chi connectivity index (χ3n) is 1.78. The van der Waals surface area contributed by atoms with Crippen LogP contribution < -0.4 is 5.53 Å². The zero-order chi connectivity index (χ0) is 11.0. The second-order valence-corrected chi connectivity index (χ2v) is 3.98. The number of allylic oxidation sites excluding steroid dienone is 2. The summed E-state index contributed by atoms with van der Waals surface area (Å²) < 4.78 is 0. The topological polar surface area (TPSA) is 38.5 Å². The van der Waals surface area contributed by atoms with Gasteiger partial charge in [0.05, 0.1) is 0 Å². The Bertz CT molecular complexity index is 201. The molecule has 0 aliphatic carbocycles. The van der Waals surface area contributed by atoms with Crippen LogP contribution in [-0.4, -0.2) is 5.71 Å². The average molecular weight is 196 g/mol. The van der Waals surface area contributed by atoms with E-state index in [4.69, 9.17) is 0 Å². The maximum atomic E-state index is 4.18. The van der Waals surface area contributed by atoms with E-state index in [1.165, 1.54) is 6.42 Å². The lowest BCUT2D eigenvalue weighted by molar-refractivity contribution is 0.583. The Hall–Kier alpha value is -0.990. The first-order valence-corrected chi connectivity index (χ1v) is 5.18. The van der Waals surface area contributed by atoms with Crippen LogP contribution in [0.5, 0.6) is 0 Å². The maximum Gasteiger partial charge on any atom is 0.0303 e. The molecule has 0 radical (unpaired) electrons. The molecule has 0 saturated heterocycles. The van der Waals surface area contributed by atoms with Crippen molar-refractivity contribution in [2.24, 2.45) is 11.0 Å². The van der Waals surface area contributed by atoms with Gasteiger partial charge in [-0.25, -0.2) is 5.10 Å². The van der Waals surface area contributed by atoms with Crippen molar-refractivity contribution in [1.82, 2.24) is 5.53 Å². The second kappa shape index (κ2) is 7.42. The fourth-order valence-corrected chi connectivity index (χ4v) is 0.891. The number of hydrogen-bond acceptors (Lipinski definition) is 2. The Morgan fingerprint density at radius 1 is 1.43 bits per heavy atom. The number of rotatable bonds is 6. The first-order valence-electron chi connectivity index (χ1n) is 5.18. The number of nitrogens with one attached hydrogen (secondary N) is 1. The lowest BCUT2D eigenvalue weighted by atomic mass is 10.1. The molecule has 0 aromatic carbocycles. The van der Waals surface area contributed by atoms with Crippen molar-refractivity contribution in [3.8, 4) is 0 Å². The van der Waals surface area contributed by atoms with Crippen molar-refractivity contribution < 1.29 is 0 Å². The third kappa shape index (κ3) is 7.65. The fourth-order valence-electron chi connectivity index (χ4n) is 0.891. The van der Waals surface area contributed by atoms with Crippen LogP contribution in [-0.2, 0) is 0 Å². The Morgan fingerprint density at radius 2 is 2.07 bits per heavy atom. The number of hydrazone groups is 1. The molecule has 0 rings (SSSR count). The van der Waals surface area contributed by atoms with Gasteiger partial charge in [-0.2, -0.15) is 5.70 Å². The molecule has 0 amide bonds. The van der Waals surface area contributed by atoms with Gasteiger partial charge >= 0.3 is 0 Å². The Balaban J connectivity index is 3.76. The molecule has 0 fully saturated rings. The van der Waals surface area contributed by atoms with Crippen LogP contribution in [0, 0.1) is 5.92 Å². The van der Waals surface area contributed by atoms with Gasteiger partial charge in [-0.15, -0.1) is 6.08 Å². The number of hydrogen-bond donors (Lipinski definition) is 1. The molecule has 82 valence electrons. The van der Waals surface area contributed by atoms with Crippen LogP contribution in [0.25, 0.3) is 5.43 Å².